The molecule has 2 aliphatic rings. The van der Waals surface area contributed by atoms with E-state index in [4.69, 9.17) is 4.74 Å². The van der Waals surface area contributed by atoms with E-state index in [1.807, 2.05) is 0 Å². The van der Waals surface area contributed by atoms with Crippen LogP contribution in [0.1, 0.15) is 69.2 Å². The van der Waals surface area contributed by atoms with Gasteiger partial charge in [0.2, 0.25) is 0 Å². The Morgan fingerprint density at radius 2 is 1.84 bits per heavy atom. The Balaban J connectivity index is 1.77. The minimum Gasteiger partial charge on any atom is -0.370 e. The number of ether oxygens (including phenoxy) is 1. The Bertz CT molecular complexity index is 455. The van der Waals surface area contributed by atoms with Crippen LogP contribution < -0.4 is 0 Å². The van der Waals surface area contributed by atoms with E-state index in [1.54, 1.807) is 11.1 Å². The van der Waals surface area contributed by atoms with Gasteiger partial charge >= 0.3 is 0 Å². The number of benzene rings is 1. The first kappa shape index (κ1) is 13.2. The third-order valence-electron chi connectivity index (χ3n) is 5.00. The van der Waals surface area contributed by atoms with Gasteiger partial charge in [-0.15, -0.1) is 0 Å². The molecule has 1 saturated heterocycles. The second-order valence-electron chi connectivity index (χ2n) is 6.99. The van der Waals surface area contributed by atoms with Crippen molar-refractivity contribution in [2.75, 3.05) is 0 Å². The van der Waals surface area contributed by atoms with E-state index < -0.39 is 0 Å². The smallest absolute Gasteiger partial charge is 0.0853 e. The average molecular weight is 258 g/mol. The van der Waals surface area contributed by atoms with Gasteiger partial charge in [0.05, 0.1) is 12.2 Å². The fourth-order valence-corrected chi connectivity index (χ4v) is 3.60. The number of rotatable bonds is 3. The van der Waals surface area contributed by atoms with Crippen molar-refractivity contribution in [1.82, 2.24) is 0 Å². The van der Waals surface area contributed by atoms with Gasteiger partial charge in [0.25, 0.3) is 0 Å². The summed E-state index contributed by atoms with van der Waals surface area (Å²) in [6.07, 6.45) is 4.61. The second-order valence-corrected chi connectivity index (χ2v) is 6.99. The monoisotopic (exact) mass is 258 g/mol. The van der Waals surface area contributed by atoms with Crippen molar-refractivity contribution >= 4 is 0 Å². The molecular formula is C18H26O. The lowest BCUT2D eigenvalue weighted by molar-refractivity contribution is -0.147. The summed E-state index contributed by atoms with van der Waals surface area (Å²) in [5.41, 5.74) is 4.58. The van der Waals surface area contributed by atoms with Gasteiger partial charge in [-0.05, 0) is 47.3 Å². The van der Waals surface area contributed by atoms with Crippen LogP contribution in [-0.2, 0) is 11.2 Å². The molecule has 1 heterocycles. The van der Waals surface area contributed by atoms with Crippen LogP contribution >= 0.6 is 0 Å². The van der Waals surface area contributed by atoms with Crippen molar-refractivity contribution in [2.24, 2.45) is 11.8 Å². The quantitative estimate of drug-likeness (QED) is 0.752. The van der Waals surface area contributed by atoms with Gasteiger partial charge in [-0.3, -0.25) is 0 Å². The largest absolute Gasteiger partial charge is 0.370 e. The first-order valence-electron chi connectivity index (χ1n) is 7.84. The first-order valence-corrected chi connectivity index (χ1v) is 7.84. The maximum Gasteiger partial charge on any atom is 0.0853 e. The molecular weight excluding hydrogens is 232 g/mol. The first-order chi connectivity index (χ1) is 9.06. The fourth-order valence-electron chi connectivity index (χ4n) is 3.60. The molecule has 0 amide bonds. The predicted octanol–water partition coefficient (Wildman–Crippen LogP) is 4.86. The highest BCUT2D eigenvalue weighted by Crippen LogP contribution is 2.43. The van der Waals surface area contributed by atoms with Crippen LogP contribution in [0.3, 0.4) is 0 Å². The van der Waals surface area contributed by atoms with E-state index in [2.05, 4.69) is 45.9 Å². The molecule has 0 N–H and O–H groups in total. The lowest BCUT2D eigenvalue weighted by Gasteiger charge is -2.39. The molecule has 1 fully saturated rings. The number of aryl methyl sites for hydroxylation is 1. The Labute approximate surface area is 117 Å². The zero-order valence-corrected chi connectivity index (χ0v) is 12.6. The summed E-state index contributed by atoms with van der Waals surface area (Å²) >= 11 is 0. The van der Waals surface area contributed by atoms with Gasteiger partial charge < -0.3 is 4.74 Å². The zero-order chi connectivity index (χ0) is 13.6. The highest BCUT2D eigenvalue weighted by atomic mass is 16.5. The summed E-state index contributed by atoms with van der Waals surface area (Å²) in [5.74, 6) is 2.16. The van der Waals surface area contributed by atoms with Gasteiger partial charge in [-0.25, -0.2) is 0 Å². The van der Waals surface area contributed by atoms with Crippen molar-refractivity contribution in [3.8, 4) is 0 Å². The molecule has 3 atom stereocenters. The molecule has 3 unspecified atom stereocenters. The highest BCUT2D eigenvalue weighted by Gasteiger charge is 2.34. The van der Waals surface area contributed by atoms with Crippen LogP contribution in [0.25, 0.3) is 0 Å². The minimum absolute atomic E-state index is 0.353. The zero-order valence-electron chi connectivity index (χ0n) is 12.6. The van der Waals surface area contributed by atoms with Gasteiger partial charge in [-0.1, -0.05) is 45.9 Å². The molecule has 1 aromatic rings. The average Bonchev–Trinajstić information content (AvgIpc) is 2.69. The molecule has 3 rings (SSSR count). The molecule has 1 aliphatic heterocycles. The third-order valence-corrected chi connectivity index (χ3v) is 5.00. The second kappa shape index (κ2) is 4.94. The Morgan fingerprint density at radius 1 is 1.11 bits per heavy atom. The van der Waals surface area contributed by atoms with E-state index in [1.165, 1.54) is 24.8 Å². The molecule has 19 heavy (non-hydrogen) atoms. The summed E-state index contributed by atoms with van der Waals surface area (Å²) < 4.78 is 6.04. The van der Waals surface area contributed by atoms with Crippen LogP contribution in [0.5, 0.6) is 0 Å². The summed E-state index contributed by atoms with van der Waals surface area (Å²) in [5, 5.41) is 0. The highest BCUT2D eigenvalue weighted by molar-refractivity contribution is 5.40. The normalized spacial score (nSPS) is 29.7. The lowest BCUT2D eigenvalue weighted by atomic mass is 9.86. The van der Waals surface area contributed by atoms with Crippen molar-refractivity contribution < 1.29 is 4.74 Å². The molecule has 1 aliphatic carbocycles. The van der Waals surface area contributed by atoms with Crippen molar-refractivity contribution in [1.29, 1.82) is 0 Å². The van der Waals surface area contributed by atoms with Gasteiger partial charge in [0.1, 0.15) is 0 Å². The van der Waals surface area contributed by atoms with E-state index in [0.29, 0.717) is 18.1 Å². The third kappa shape index (κ3) is 2.33. The lowest BCUT2D eigenvalue weighted by Crippen LogP contribution is -2.35. The molecule has 1 heteroatoms. The summed E-state index contributed by atoms with van der Waals surface area (Å²) in [6.45, 7) is 9.19. The Morgan fingerprint density at radius 3 is 2.47 bits per heavy atom. The van der Waals surface area contributed by atoms with Gasteiger partial charge in [-0.2, -0.15) is 0 Å². The number of fused-ring (bicyclic) bond motifs is 1. The maximum atomic E-state index is 6.04. The van der Waals surface area contributed by atoms with Crippen molar-refractivity contribution in [2.45, 2.75) is 65.1 Å². The molecule has 0 aromatic heterocycles. The van der Waals surface area contributed by atoms with Crippen LogP contribution in [0, 0.1) is 11.8 Å². The molecule has 0 radical (unpaired) electrons. The van der Waals surface area contributed by atoms with Gasteiger partial charge in [0, 0.05) is 6.42 Å². The van der Waals surface area contributed by atoms with Crippen LogP contribution in [-0.4, -0.2) is 6.10 Å². The van der Waals surface area contributed by atoms with Crippen LogP contribution in [0.2, 0.25) is 0 Å². The molecule has 1 aromatic carbocycles. The van der Waals surface area contributed by atoms with Crippen molar-refractivity contribution in [3.63, 3.8) is 0 Å². The SMILES string of the molecule is CC(C)C1CC(c2ccc3c(c2)C(C(C)C)CC3)O1. The molecule has 0 bridgehead atoms. The van der Waals surface area contributed by atoms with E-state index in [0.717, 1.165) is 11.8 Å². The van der Waals surface area contributed by atoms with E-state index >= 15 is 0 Å². The topological polar surface area (TPSA) is 9.23 Å². The molecule has 1 nitrogen and oxygen atoms in total. The number of hydrogen-bond donors (Lipinski definition) is 0. The minimum atomic E-state index is 0.353. The van der Waals surface area contributed by atoms with Crippen LogP contribution in [0.15, 0.2) is 18.2 Å². The van der Waals surface area contributed by atoms with Crippen LogP contribution in [0.4, 0.5) is 0 Å². The Kier molecular flexibility index (Phi) is 3.42. The van der Waals surface area contributed by atoms with Gasteiger partial charge in [0.15, 0.2) is 0 Å². The molecule has 0 spiro atoms. The van der Waals surface area contributed by atoms with E-state index in [9.17, 15) is 0 Å². The maximum absolute atomic E-state index is 6.04. The Hall–Kier alpha value is -0.820. The van der Waals surface area contributed by atoms with E-state index in [-0.39, 0.29) is 0 Å². The number of hydrogen-bond acceptors (Lipinski definition) is 1. The summed E-state index contributed by atoms with van der Waals surface area (Å²) in [6, 6.07) is 7.08. The fraction of sp³-hybridized carbons (Fsp3) is 0.667. The summed E-state index contributed by atoms with van der Waals surface area (Å²) in [7, 11) is 0. The molecule has 104 valence electrons. The standard InChI is InChI=1S/C18H26O/c1-11(2)15-8-7-13-5-6-14(9-16(13)15)18-10-17(19-18)12(3)4/h5-6,9,11-12,15,17-18H,7-8,10H2,1-4H3. The summed E-state index contributed by atoms with van der Waals surface area (Å²) in [4.78, 5) is 0. The van der Waals surface area contributed by atoms with Crippen molar-refractivity contribution in [3.05, 3.63) is 34.9 Å². The predicted molar refractivity (Wildman–Crippen MR) is 79.4 cm³/mol. The molecule has 0 saturated carbocycles.